The van der Waals surface area contributed by atoms with Crippen LogP contribution < -0.4 is 5.32 Å². The van der Waals surface area contributed by atoms with Gasteiger partial charge in [0, 0.05) is 82.2 Å². The molecule has 4 heterocycles. The van der Waals surface area contributed by atoms with Gasteiger partial charge in [0.2, 0.25) is 0 Å². The van der Waals surface area contributed by atoms with Gasteiger partial charge in [0.1, 0.15) is 18.7 Å². The molecule has 1 aliphatic heterocycles. The molecule has 3 aromatic rings. The number of nitriles is 1. The molecule has 1 saturated carbocycles. The van der Waals surface area contributed by atoms with E-state index in [9.17, 15) is 0 Å². The van der Waals surface area contributed by atoms with Gasteiger partial charge in [-0.15, -0.1) is 0 Å². The lowest BCUT2D eigenvalue weighted by atomic mass is 9.73. The maximum Gasteiger partial charge on any atom is 0.145 e. The number of ether oxygens (including phenoxy) is 1. The molecule has 1 N–H and O–H groups in total. The number of allylic oxidation sites excluding steroid dienone is 1. The quantitative estimate of drug-likeness (QED) is 0.270. The minimum atomic E-state index is -1.11. The Morgan fingerprint density at radius 2 is 2.06 bits per heavy atom. The minimum Gasteiger partial charge on any atom is -0.361 e. The van der Waals surface area contributed by atoms with Crippen molar-refractivity contribution in [2.45, 2.75) is 50.9 Å². The Bertz CT molecular complexity index is 1250. The largest absolute Gasteiger partial charge is 0.361 e. The Hall–Kier alpha value is -2.84. The highest BCUT2D eigenvalue weighted by Gasteiger charge is 2.44. The van der Waals surface area contributed by atoms with Gasteiger partial charge in [0.25, 0.3) is 0 Å². The fourth-order valence-electron chi connectivity index (χ4n) is 5.24. The zero-order chi connectivity index (χ0) is 25.1. The molecule has 9 nitrogen and oxygen atoms in total. The first-order valence-corrected chi connectivity index (χ1v) is 16.6. The van der Waals surface area contributed by atoms with Crippen LogP contribution in [-0.4, -0.2) is 76.1 Å². The molecule has 190 valence electrons. The summed E-state index contributed by atoms with van der Waals surface area (Å²) in [6, 6.07) is 6.07. The zero-order valence-corrected chi connectivity index (χ0v) is 22.5. The molecule has 3 unspecified atom stereocenters. The van der Waals surface area contributed by atoms with Crippen molar-refractivity contribution in [3.8, 4) is 17.3 Å². The molecule has 0 bridgehead atoms. The Morgan fingerprint density at radius 1 is 1.22 bits per heavy atom. The van der Waals surface area contributed by atoms with Crippen LogP contribution in [0.4, 0.5) is 0 Å². The summed E-state index contributed by atoms with van der Waals surface area (Å²) in [5.41, 5.74) is 2.74. The predicted molar refractivity (Wildman–Crippen MR) is 143 cm³/mol. The zero-order valence-electron chi connectivity index (χ0n) is 21.5. The molecule has 1 saturated heterocycles. The lowest BCUT2D eigenvalue weighted by molar-refractivity contribution is 0.0238. The lowest BCUT2D eigenvalue weighted by Gasteiger charge is -2.50. The van der Waals surface area contributed by atoms with Crippen LogP contribution >= 0.6 is 0 Å². The lowest BCUT2D eigenvalue weighted by Crippen LogP contribution is -2.57. The van der Waals surface area contributed by atoms with Crippen molar-refractivity contribution in [2.24, 2.45) is 5.92 Å². The number of nitrogens with zero attached hydrogens (tertiary/aromatic N) is 7. The van der Waals surface area contributed by atoms with Crippen LogP contribution in [0.1, 0.15) is 12.5 Å². The monoisotopic (exact) mass is 504 g/mol. The molecule has 1 aliphatic carbocycles. The van der Waals surface area contributed by atoms with Crippen molar-refractivity contribution >= 4 is 19.1 Å². The summed E-state index contributed by atoms with van der Waals surface area (Å²) in [7, 11) is -1.11. The molecule has 5 rings (SSSR count). The van der Waals surface area contributed by atoms with E-state index in [1.165, 1.54) is 0 Å². The molecule has 0 amide bonds. The Kier molecular flexibility index (Phi) is 7.34. The molecular formula is C26H36N8OSi. The number of piperazine rings is 1. The van der Waals surface area contributed by atoms with Crippen molar-refractivity contribution < 1.29 is 4.74 Å². The normalized spacial score (nSPS) is 23.2. The van der Waals surface area contributed by atoms with Gasteiger partial charge < -0.3 is 14.6 Å². The first-order valence-electron chi connectivity index (χ1n) is 12.9. The van der Waals surface area contributed by atoms with Gasteiger partial charge >= 0.3 is 0 Å². The average molecular weight is 505 g/mol. The molecule has 2 fully saturated rings. The SMILES string of the molecule is C[Si](C)(C)CCOCn1ccc2c(-c3cnn(C4CC(N5CCNCC5)C4C=CC#N)c3)ncnc21. The summed E-state index contributed by atoms with van der Waals surface area (Å²) in [5.74, 6) is 0.273. The van der Waals surface area contributed by atoms with Crippen LogP contribution in [0.25, 0.3) is 22.3 Å². The van der Waals surface area contributed by atoms with Gasteiger partial charge in [0.15, 0.2) is 0 Å². The first kappa shape index (κ1) is 24.8. The highest BCUT2D eigenvalue weighted by atomic mass is 28.3. The van der Waals surface area contributed by atoms with E-state index in [2.05, 4.69) is 68.9 Å². The van der Waals surface area contributed by atoms with Crippen LogP contribution in [0.5, 0.6) is 0 Å². The van der Waals surface area contributed by atoms with Crippen LogP contribution in [0, 0.1) is 17.2 Å². The second-order valence-corrected chi connectivity index (χ2v) is 16.6. The molecule has 0 radical (unpaired) electrons. The minimum absolute atomic E-state index is 0.241. The van der Waals surface area contributed by atoms with Crippen molar-refractivity contribution in [1.82, 2.24) is 34.5 Å². The Balaban J connectivity index is 1.32. The van der Waals surface area contributed by atoms with Gasteiger partial charge in [-0.2, -0.15) is 10.4 Å². The number of nitrogens with one attached hydrogen (secondary N) is 1. The summed E-state index contributed by atoms with van der Waals surface area (Å²) < 4.78 is 10.1. The van der Waals surface area contributed by atoms with E-state index in [1.807, 2.05) is 17.0 Å². The smallest absolute Gasteiger partial charge is 0.145 e. The van der Waals surface area contributed by atoms with Gasteiger partial charge in [0.05, 0.1) is 24.0 Å². The highest BCUT2D eigenvalue weighted by molar-refractivity contribution is 6.76. The van der Waals surface area contributed by atoms with Gasteiger partial charge in [-0.25, -0.2) is 9.97 Å². The van der Waals surface area contributed by atoms with E-state index >= 15 is 0 Å². The third-order valence-electron chi connectivity index (χ3n) is 7.38. The first-order chi connectivity index (χ1) is 17.4. The summed E-state index contributed by atoms with van der Waals surface area (Å²) in [5, 5.41) is 18.3. The van der Waals surface area contributed by atoms with E-state index in [0.29, 0.717) is 12.8 Å². The second-order valence-electron chi connectivity index (χ2n) is 11.0. The van der Waals surface area contributed by atoms with E-state index in [0.717, 1.165) is 67.5 Å². The maximum atomic E-state index is 9.14. The molecule has 36 heavy (non-hydrogen) atoms. The van der Waals surface area contributed by atoms with Crippen molar-refractivity contribution in [3.63, 3.8) is 0 Å². The van der Waals surface area contributed by atoms with Crippen molar-refractivity contribution in [1.29, 1.82) is 5.26 Å². The number of hydrogen-bond donors (Lipinski definition) is 1. The molecule has 3 atom stereocenters. The van der Waals surface area contributed by atoms with Gasteiger partial charge in [-0.1, -0.05) is 25.7 Å². The summed E-state index contributed by atoms with van der Waals surface area (Å²) in [4.78, 5) is 11.7. The van der Waals surface area contributed by atoms with E-state index in [-0.39, 0.29) is 12.0 Å². The topological polar surface area (TPSA) is 96.8 Å². The summed E-state index contributed by atoms with van der Waals surface area (Å²) >= 11 is 0. The fraction of sp³-hybridized carbons (Fsp3) is 0.538. The van der Waals surface area contributed by atoms with Gasteiger partial charge in [-0.05, 0) is 18.5 Å². The molecular weight excluding hydrogens is 468 g/mol. The van der Waals surface area contributed by atoms with Crippen LogP contribution in [0.3, 0.4) is 0 Å². The molecule has 2 aliphatic rings. The molecule has 0 aromatic carbocycles. The number of fused-ring (bicyclic) bond motifs is 1. The predicted octanol–water partition coefficient (Wildman–Crippen LogP) is 3.52. The molecule has 0 spiro atoms. The number of aromatic nitrogens is 5. The Morgan fingerprint density at radius 3 is 2.83 bits per heavy atom. The third kappa shape index (κ3) is 5.29. The van der Waals surface area contributed by atoms with Crippen LogP contribution in [0.2, 0.25) is 25.7 Å². The maximum absolute atomic E-state index is 9.14. The fourth-order valence-corrected chi connectivity index (χ4v) is 6.00. The van der Waals surface area contributed by atoms with Crippen molar-refractivity contribution in [3.05, 3.63) is 43.1 Å². The van der Waals surface area contributed by atoms with E-state index in [1.54, 1.807) is 12.4 Å². The number of hydrogen-bond acceptors (Lipinski definition) is 7. The molecule has 3 aromatic heterocycles. The highest BCUT2D eigenvalue weighted by Crippen LogP contribution is 2.43. The van der Waals surface area contributed by atoms with Crippen LogP contribution in [0.15, 0.2) is 43.1 Å². The standard InChI is InChI=1S/C26H36N8OSi/c1-36(2,3)14-13-35-19-33-10-6-22-25(29-18-30-26(22)33)20-16-31-34(17-20)24-15-23(21(24)5-4-7-27)32-11-8-28-9-12-32/h4-6,10,16-18,21,23-24,28H,8-9,11-15,19H2,1-3H3. The molecule has 10 heteroatoms. The van der Waals surface area contributed by atoms with Crippen LogP contribution in [-0.2, 0) is 11.5 Å². The van der Waals surface area contributed by atoms with Crippen molar-refractivity contribution in [2.75, 3.05) is 32.8 Å². The summed E-state index contributed by atoms with van der Waals surface area (Å²) in [6.07, 6.45) is 12.4. The number of rotatable bonds is 9. The summed E-state index contributed by atoms with van der Waals surface area (Å²) in [6.45, 7) is 12.5. The average Bonchev–Trinajstić information content (AvgIpc) is 3.49. The van der Waals surface area contributed by atoms with E-state index < -0.39 is 8.07 Å². The third-order valence-corrected chi connectivity index (χ3v) is 9.09. The Labute approximate surface area is 213 Å². The van der Waals surface area contributed by atoms with Gasteiger partial charge in [-0.3, -0.25) is 9.58 Å². The van der Waals surface area contributed by atoms with E-state index in [4.69, 9.17) is 15.1 Å². The second kappa shape index (κ2) is 10.6.